The second-order valence-corrected chi connectivity index (χ2v) is 8.17. The molecule has 150 valence electrons. The summed E-state index contributed by atoms with van der Waals surface area (Å²) >= 11 is 0. The first kappa shape index (κ1) is 20.3. The third kappa shape index (κ3) is 4.88. The van der Waals surface area contributed by atoms with Crippen molar-refractivity contribution in [1.82, 2.24) is 0 Å². The van der Waals surface area contributed by atoms with Gasteiger partial charge in [-0.1, -0.05) is 18.2 Å². The normalized spacial score (nSPS) is 11.1. The quantitative estimate of drug-likeness (QED) is 0.639. The summed E-state index contributed by atoms with van der Waals surface area (Å²) in [6.07, 6.45) is 1.22. The Morgan fingerprint density at radius 2 is 1.76 bits per heavy atom. The second-order valence-electron chi connectivity index (χ2n) is 6.18. The van der Waals surface area contributed by atoms with Crippen LogP contribution in [0.5, 0.6) is 0 Å². The molecule has 0 unspecified atom stereocenters. The van der Waals surface area contributed by atoms with Crippen molar-refractivity contribution in [3.8, 4) is 0 Å². The zero-order chi connectivity index (χ0) is 21.0. The van der Waals surface area contributed by atoms with Crippen molar-refractivity contribution in [3.63, 3.8) is 0 Å². The van der Waals surface area contributed by atoms with Crippen LogP contribution in [0.15, 0.2) is 70.2 Å². The highest BCUT2D eigenvalue weighted by Gasteiger charge is 2.22. The van der Waals surface area contributed by atoms with E-state index >= 15 is 0 Å². The molecule has 3 rings (SSSR count). The van der Waals surface area contributed by atoms with E-state index in [4.69, 9.17) is 4.42 Å². The largest absolute Gasteiger partial charge is 0.459 e. The predicted molar refractivity (Wildman–Crippen MR) is 105 cm³/mol. The number of anilines is 2. The lowest BCUT2D eigenvalue weighted by Crippen LogP contribution is -2.15. The molecule has 2 N–H and O–H groups in total. The summed E-state index contributed by atoms with van der Waals surface area (Å²) in [5, 5.41) is 4.82. The van der Waals surface area contributed by atoms with Crippen molar-refractivity contribution < 1.29 is 26.8 Å². The van der Waals surface area contributed by atoms with Gasteiger partial charge in [-0.05, 0) is 36.4 Å². The van der Waals surface area contributed by atoms with E-state index in [1.807, 2.05) is 0 Å². The summed E-state index contributed by atoms with van der Waals surface area (Å²) < 4.78 is 44.0. The van der Waals surface area contributed by atoms with E-state index in [1.165, 1.54) is 43.5 Å². The van der Waals surface area contributed by atoms with E-state index in [2.05, 4.69) is 10.6 Å². The first-order valence-corrected chi connectivity index (χ1v) is 10.1. The van der Waals surface area contributed by atoms with E-state index in [0.717, 1.165) is 6.07 Å². The van der Waals surface area contributed by atoms with E-state index in [1.54, 1.807) is 18.2 Å². The number of amides is 2. The number of furan rings is 1. The molecule has 0 fully saturated rings. The van der Waals surface area contributed by atoms with Gasteiger partial charge in [-0.2, -0.15) is 0 Å². The van der Waals surface area contributed by atoms with Gasteiger partial charge in [0.05, 0.1) is 22.6 Å². The molecule has 2 aromatic carbocycles. The molecule has 29 heavy (non-hydrogen) atoms. The fourth-order valence-electron chi connectivity index (χ4n) is 2.64. The summed E-state index contributed by atoms with van der Waals surface area (Å²) in [6.45, 7) is 1.23. The molecule has 2 amide bonds. The molecule has 1 heterocycles. The van der Waals surface area contributed by atoms with Gasteiger partial charge in [0.2, 0.25) is 5.91 Å². The third-order valence-electron chi connectivity index (χ3n) is 3.94. The number of hydrogen-bond donors (Lipinski definition) is 2. The molecule has 0 radical (unpaired) electrons. The van der Waals surface area contributed by atoms with Gasteiger partial charge < -0.3 is 15.1 Å². The van der Waals surface area contributed by atoms with Crippen LogP contribution < -0.4 is 10.6 Å². The number of carbonyl (C=O) groups is 2. The van der Waals surface area contributed by atoms with Crippen LogP contribution in [-0.4, -0.2) is 20.2 Å². The average Bonchev–Trinajstić information content (AvgIpc) is 3.12. The SMILES string of the molecule is CC(=O)Nc1cc(NC(=O)c2occc2CS(=O)(=O)c2ccccc2)ccc1F. The monoisotopic (exact) mass is 416 g/mol. The van der Waals surface area contributed by atoms with Crippen molar-refractivity contribution in [2.75, 3.05) is 10.6 Å². The zero-order valence-electron chi connectivity index (χ0n) is 15.3. The molecular formula is C20H17FN2O5S. The second kappa shape index (κ2) is 8.27. The molecule has 7 nitrogen and oxygen atoms in total. The van der Waals surface area contributed by atoms with Gasteiger partial charge in [0, 0.05) is 18.2 Å². The number of nitrogens with one attached hydrogen (secondary N) is 2. The van der Waals surface area contributed by atoms with Crippen LogP contribution >= 0.6 is 0 Å². The molecule has 1 aromatic heterocycles. The first-order valence-electron chi connectivity index (χ1n) is 8.49. The van der Waals surface area contributed by atoms with Gasteiger partial charge in [0.15, 0.2) is 15.6 Å². The molecule has 0 spiro atoms. The highest BCUT2D eigenvalue weighted by atomic mass is 32.2. The fraction of sp³-hybridized carbons (Fsp3) is 0.100. The molecule has 0 aliphatic rings. The fourth-order valence-corrected chi connectivity index (χ4v) is 4.02. The zero-order valence-corrected chi connectivity index (χ0v) is 16.1. The van der Waals surface area contributed by atoms with E-state index < -0.39 is 33.2 Å². The predicted octanol–water partition coefficient (Wildman–Crippen LogP) is 3.60. The van der Waals surface area contributed by atoms with Crippen molar-refractivity contribution >= 4 is 33.0 Å². The van der Waals surface area contributed by atoms with Crippen LogP contribution in [0.25, 0.3) is 0 Å². The van der Waals surface area contributed by atoms with Crippen LogP contribution in [0.3, 0.4) is 0 Å². The Bertz CT molecular complexity index is 1160. The maximum atomic E-state index is 13.7. The number of sulfone groups is 1. The molecule has 3 aromatic rings. The smallest absolute Gasteiger partial charge is 0.291 e. The van der Waals surface area contributed by atoms with Crippen LogP contribution in [0.4, 0.5) is 15.8 Å². The first-order chi connectivity index (χ1) is 13.8. The average molecular weight is 416 g/mol. The molecular weight excluding hydrogens is 399 g/mol. The highest BCUT2D eigenvalue weighted by Crippen LogP contribution is 2.23. The third-order valence-corrected chi connectivity index (χ3v) is 5.62. The molecule has 0 aliphatic carbocycles. The summed E-state index contributed by atoms with van der Waals surface area (Å²) in [4.78, 5) is 23.8. The van der Waals surface area contributed by atoms with Crippen LogP contribution in [0.1, 0.15) is 23.0 Å². The van der Waals surface area contributed by atoms with Gasteiger partial charge in [-0.15, -0.1) is 0 Å². The van der Waals surface area contributed by atoms with Crippen molar-refractivity contribution in [1.29, 1.82) is 0 Å². The van der Waals surface area contributed by atoms with Gasteiger partial charge in [0.1, 0.15) is 5.82 Å². The molecule has 0 bridgehead atoms. The molecule has 0 saturated heterocycles. The van der Waals surface area contributed by atoms with E-state index in [0.29, 0.717) is 0 Å². The number of rotatable bonds is 6. The van der Waals surface area contributed by atoms with Crippen LogP contribution in [0.2, 0.25) is 0 Å². The summed E-state index contributed by atoms with van der Waals surface area (Å²) in [6, 6.07) is 12.9. The van der Waals surface area contributed by atoms with E-state index in [-0.39, 0.29) is 27.6 Å². The minimum absolute atomic E-state index is 0.0957. The maximum Gasteiger partial charge on any atom is 0.291 e. The Morgan fingerprint density at radius 3 is 2.45 bits per heavy atom. The Hall–Kier alpha value is -3.46. The van der Waals surface area contributed by atoms with Crippen molar-refractivity contribution in [2.45, 2.75) is 17.6 Å². The van der Waals surface area contributed by atoms with Gasteiger partial charge >= 0.3 is 0 Å². The van der Waals surface area contributed by atoms with Crippen molar-refractivity contribution in [3.05, 3.63) is 78.0 Å². The van der Waals surface area contributed by atoms with Gasteiger partial charge in [-0.25, -0.2) is 12.8 Å². The lowest BCUT2D eigenvalue weighted by molar-refractivity contribution is -0.114. The van der Waals surface area contributed by atoms with Crippen LogP contribution in [-0.2, 0) is 20.4 Å². The number of carbonyl (C=O) groups excluding carboxylic acids is 2. The lowest BCUT2D eigenvalue weighted by Gasteiger charge is -2.09. The van der Waals surface area contributed by atoms with E-state index in [9.17, 15) is 22.4 Å². The minimum atomic E-state index is -3.68. The van der Waals surface area contributed by atoms with Gasteiger partial charge in [0.25, 0.3) is 5.91 Å². The molecule has 0 aliphatic heterocycles. The Kier molecular flexibility index (Phi) is 5.79. The van der Waals surface area contributed by atoms with Crippen molar-refractivity contribution in [2.24, 2.45) is 0 Å². The number of hydrogen-bond acceptors (Lipinski definition) is 5. The van der Waals surface area contributed by atoms with Gasteiger partial charge in [-0.3, -0.25) is 9.59 Å². The summed E-state index contributed by atoms with van der Waals surface area (Å²) in [7, 11) is -3.68. The minimum Gasteiger partial charge on any atom is -0.459 e. The summed E-state index contributed by atoms with van der Waals surface area (Å²) in [5.41, 5.74) is 0.297. The molecule has 0 saturated carbocycles. The summed E-state index contributed by atoms with van der Waals surface area (Å²) in [5.74, 6) is -2.42. The number of benzene rings is 2. The Morgan fingerprint density at radius 1 is 1.03 bits per heavy atom. The Labute approximate surface area is 166 Å². The van der Waals surface area contributed by atoms with Crippen LogP contribution in [0, 0.1) is 5.82 Å². The number of halogens is 1. The highest BCUT2D eigenvalue weighted by molar-refractivity contribution is 7.90. The Balaban J connectivity index is 1.80. The topological polar surface area (TPSA) is 105 Å². The molecule has 9 heteroatoms. The standard InChI is InChI=1S/C20H17FN2O5S/c1-13(24)22-18-11-15(7-8-17(18)21)23-20(25)19-14(9-10-28-19)12-29(26,27)16-5-3-2-4-6-16/h2-11H,12H2,1H3,(H,22,24)(H,23,25). The molecule has 0 atom stereocenters. The maximum absolute atomic E-state index is 13.7. The lowest BCUT2D eigenvalue weighted by atomic mass is 10.2.